The molecular formula is C19H17NO. The molecule has 21 heavy (non-hydrogen) atoms. The first-order valence-corrected chi connectivity index (χ1v) is 7.53. The number of pyridine rings is 1. The number of hydrogen-bond acceptors (Lipinski definition) is 2. The van der Waals surface area contributed by atoms with Crippen molar-refractivity contribution in [2.75, 3.05) is 0 Å². The Morgan fingerprint density at radius 1 is 0.905 bits per heavy atom. The lowest BCUT2D eigenvalue weighted by Gasteiger charge is -2.12. The second kappa shape index (κ2) is 5.21. The molecule has 0 radical (unpaired) electrons. The highest BCUT2D eigenvalue weighted by molar-refractivity contribution is 5.86. The van der Waals surface area contributed by atoms with Crippen LogP contribution in [0.4, 0.5) is 0 Å². The molecule has 2 aromatic heterocycles. The molecule has 0 unspecified atom stereocenters. The summed E-state index contributed by atoms with van der Waals surface area (Å²) >= 11 is 0. The van der Waals surface area contributed by atoms with Crippen LogP contribution in [0.2, 0.25) is 0 Å². The highest BCUT2D eigenvalue weighted by Gasteiger charge is 2.10. The molecule has 104 valence electrons. The van der Waals surface area contributed by atoms with Gasteiger partial charge in [0.05, 0.1) is 0 Å². The predicted molar refractivity (Wildman–Crippen MR) is 85.9 cm³/mol. The van der Waals surface area contributed by atoms with E-state index < -0.39 is 0 Å². The standard InChI is InChI=1S/C19H17NO/c1-2-4-14(5-3-1)16-6-7-18-17(12-16)13-19(21-18)15-8-10-20-11-9-15/h4,6-13H,1-3,5H2. The molecule has 0 saturated heterocycles. The van der Waals surface area contributed by atoms with Crippen molar-refractivity contribution in [3.05, 3.63) is 60.4 Å². The number of aromatic nitrogens is 1. The summed E-state index contributed by atoms with van der Waals surface area (Å²) in [6.07, 6.45) is 11.0. The van der Waals surface area contributed by atoms with Crippen LogP contribution in [0.1, 0.15) is 31.2 Å². The zero-order chi connectivity index (χ0) is 14.1. The van der Waals surface area contributed by atoms with Crippen LogP contribution in [0.5, 0.6) is 0 Å². The van der Waals surface area contributed by atoms with E-state index in [0.29, 0.717) is 0 Å². The Bertz CT molecular complexity index is 799. The van der Waals surface area contributed by atoms with Crippen LogP contribution >= 0.6 is 0 Å². The zero-order valence-corrected chi connectivity index (χ0v) is 11.9. The molecule has 0 saturated carbocycles. The summed E-state index contributed by atoms with van der Waals surface area (Å²) in [5.41, 5.74) is 4.83. The Morgan fingerprint density at radius 3 is 2.62 bits per heavy atom. The number of benzene rings is 1. The fourth-order valence-electron chi connectivity index (χ4n) is 3.00. The summed E-state index contributed by atoms with van der Waals surface area (Å²) in [4.78, 5) is 4.05. The lowest BCUT2D eigenvalue weighted by atomic mass is 9.93. The quantitative estimate of drug-likeness (QED) is 0.621. The second-order valence-corrected chi connectivity index (χ2v) is 5.57. The summed E-state index contributed by atoms with van der Waals surface area (Å²) in [5.74, 6) is 0.905. The number of hydrogen-bond donors (Lipinski definition) is 0. The van der Waals surface area contributed by atoms with Gasteiger partial charge < -0.3 is 4.42 Å². The summed E-state index contributed by atoms with van der Waals surface area (Å²) < 4.78 is 5.95. The van der Waals surface area contributed by atoms with Crippen molar-refractivity contribution in [1.29, 1.82) is 0 Å². The first-order chi connectivity index (χ1) is 10.4. The topological polar surface area (TPSA) is 26.0 Å². The smallest absolute Gasteiger partial charge is 0.135 e. The maximum atomic E-state index is 5.95. The van der Waals surface area contributed by atoms with Crippen LogP contribution < -0.4 is 0 Å². The van der Waals surface area contributed by atoms with E-state index in [-0.39, 0.29) is 0 Å². The van der Waals surface area contributed by atoms with Crippen molar-refractivity contribution in [1.82, 2.24) is 4.98 Å². The normalized spacial score (nSPS) is 15.1. The van der Waals surface area contributed by atoms with Crippen LogP contribution in [0.25, 0.3) is 27.9 Å². The Kier molecular flexibility index (Phi) is 3.07. The molecule has 2 heteroatoms. The number of furan rings is 1. The molecular weight excluding hydrogens is 258 g/mol. The Hall–Kier alpha value is -2.35. The van der Waals surface area contributed by atoms with Crippen molar-refractivity contribution >= 4 is 16.5 Å². The third-order valence-electron chi connectivity index (χ3n) is 4.14. The molecule has 0 amide bonds. The molecule has 2 heterocycles. The van der Waals surface area contributed by atoms with Gasteiger partial charge in [-0.1, -0.05) is 12.1 Å². The van der Waals surface area contributed by atoms with Crippen LogP contribution in [0, 0.1) is 0 Å². The minimum Gasteiger partial charge on any atom is -0.456 e. The second-order valence-electron chi connectivity index (χ2n) is 5.57. The first kappa shape index (κ1) is 12.4. The lowest BCUT2D eigenvalue weighted by Crippen LogP contribution is -1.91. The van der Waals surface area contributed by atoms with E-state index in [4.69, 9.17) is 4.42 Å². The molecule has 4 rings (SSSR count). The largest absolute Gasteiger partial charge is 0.456 e. The van der Waals surface area contributed by atoms with Crippen molar-refractivity contribution in [3.63, 3.8) is 0 Å². The van der Waals surface area contributed by atoms with Crippen molar-refractivity contribution in [2.24, 2.45) is 0 Å². The number of fused-ring (bicyclic) bond motifs is 1. The van der Waals surface area contributed by atoms with Gasteiger partial charge in [-0.2, -0.15) is 0 Å². The van der Waals surface area contributed by atoms with Gasteiger partial charge in [0.15, 0.2) is 0 Å². The summed E-state index contributed by atoms with van der Waals surface area (Å²) in [5, 5.41) is 1.17. The van der Waals surface area contributed by atoms with Crippen LogP contribution in [-0.4, -0.2) is 4.98 Å². The highest BCUT2D eigenvalue weighted by atomic mass is 16.3. The molecule has 0 fully saturated rings. The maximum Gasteiger partial charge on any atom is 0.135 e. The average molecular weight is 275 g/mol. The van der Waals surface area contributed by atoms with E-state index in [1.165, 1.54) is 42.2 Å². The third kappa shape index (κ3) is 2.38. The van der Waals surface area contributed by atoms with Crippen LogP contribution in [-0.2, 0) is 0 Å². The van der Waals surface area contributed by atoms with Gasteiger partial charge in [-0.3, -0.25) is 4.98 Å². The lowest BCUT2D eigenvalue weighted by molar-refractivity contribution is 0.631. The highest BCUT2D eigenvalue weighted by Crippen LogP contribution is 2.32. The molecule has 1 aliphatic rings. The maximum absolute atomic E-state index is 5.95. The van der Waals surface area contributed by atoms with Crippen molar-refractivity contribution < 1.29 is 4.42 Å². The number of nitrogens with zero attached hydrogens (tertiary/aromatic N) is 1. The molecule has 3 aromatic rings. The molecule has 1 aliphatic carbocycles. The third-order valence-corrected chi connectivity index (χ3v) is 4.14. The van der Waals surface area contributed by atoms with E-state index in [1.54, 1.807) is 12.4 Å². The minimum atomic E-state index is 0.905. The summed E-state index contributed by atoms with van der Waals surface area (Å²) in [6, 6.07) is 12.6. The zero-order valence-electron chi connectivity index (χ0n) is 11.9. The molecule has 1 aromatic carbocycles. The summed E-state index contributed by atoms with van der Waals surface area (Å²) in [6.45, 7) is 0. The monoisotopic (exact) mass is 275 g/mol. The Balaban J connectivity index is 1.76. The van der Waals surface area contributed by atoms with Gasteiger partial charge in [-0.25, -0.2) is 0 Å². The van der Waals surface area contributed by atoms with Gasteiger partial charge in [0, 0.05) is 23.3 Å². The van der Waals surface area contributed by atoms with Gasteiger partial charge in [0.25, 0.3) is 0 Å². The van der Waals surface area contributed by atoms with Crippen LogP contribution in [0.3, 0.4) is 0 Å². The molecule has 2 nitrogen and oxygen atoms in total. The molecule has 0 spiro atoms. The minimum absolute atomic E-state index is 0.905. The van der Waals surface area contributed by atoms with Gasteiger partial charge in [-0.05, 0) is 67.2 Å². The van der Waals surface area contributed by atoms with Gasteiger partial charge >= 0.3 is 0 Å². The van der Waals surface area contributed by atoms with E-state index in [2.05, 4.69) is 35.3 Å². The molecule has 0 bridgehead atoms. The fourth-order valence-corrected chi connectivity index (χ4v) is 3.00. The molecule has 0 N–H and O–H groups in total. The molecule has 0 atom stereocenters. The van der Waals surface area contributed by atoms with Crippen molar-refractivity contribution in [2.45, 2.75) is 25.7 Å². The van der Waals surface area contributed by atoms with E-state index in [1.807, 2.05) is 12.1 Å². The van der Waals surface area contributed by atoms with Crippen LogP contribution in [0.15, 0.2) is 59.3 Å². The number of allylic oxidation sites excluding steroid dienone is 2. The van der Waals surface area contributed by atoms with Gasteiger partial charge in [0.1, 0.15) is 11.3 Å². The van der Waals surface area contributed by atoms with Gasteiger partial charge in [0.2, 0.25) is 0 Å². The first-order valence-electron chi connectivity index (χ1n) is 7.53. The predicted octanol–water partition coefficient (Wildman–Crippen LogP) is 5.45. The number of rotatable bonds is 2. The van der Waals surface area contributed by atoms with E-state index >= 15 is 0 Å². The van der Waals surface area contributed by atoms with E-state index in [0.717, 1.165) is 16.9 Å². The fraction of sp³-hybridized carbons (Fsp3) is 0.211. The van der Waals surface area contributed by atoms with E-state index in [9.17, 15) is 0 Å². The average Bonchev–Trinajstić information content (AvgIpc) is 2.99. The molecule has 0 aliphatic heterocycles. The van der Waals surface area contributed by atoms with Gasteiger partial charge in [-0.15, -0.1) is 0 Å². The Labute approximate surface area is 124 Å². The Morgan fingerprint density at radius 2 is 1.81 bits per heavy atom. The summed E-state index contributed by atoms with van der Waals surface area (Å²) in [7, 11) is 0. The van der Waals surface area contributed by atoms with Crippen molar-refractivity contribution in [3.8, 4) is 11.3 Å². The SMILES string of the molecule is C1=C(c2ccc3oc(-c4ccncc4)cc3c2)CCCC1.